The van der Waals surface area contributed by atoms with Crippen molar-refractivity contribution in [2.45, 2.75) is 6.92 Å². The van der Waals surface area contributed by atoms with Crippen LogP contribution in [0.15, 0.2) is 24.3 Å². The van der Waals surface area contributed by atoms with Crippen LogP contribution in [-0.2, 0) is 0 Å². The molecule has 0 aliphatic carbocycles. The van der Waals surface area contributed by atoms with Gasteiger partial charge in [-0.25, -0.2) is 0 Å². The minimum Gasteiger partial charge on any atom is -0.348 e. The van der Waals surface area contributed by atoms with E-state index in [-0.39, 0.29) is 21.3 Å². The highest BCUT2D eigenvalue weighted by Gasteiger charge is 2.27. The molecule has 0 aliphatic rings. The average Bonchev–Trinajstić information content (AvgIpc) is 2.45. The van der Waals surface area contributed by atoms with E-state index in [9.17, 15) is 20.2 Å². The predicted octanol–water partition coefficient (Wildman–Crippen LogP) is 5.52. The molecule has 10 heteroatoms. The average molecular weight is 377 g/mol. The van der Waals surface area contributed by atoms with Gasteiger partial charge in [-0.05, 0) is 25.1 Å². The molecule has 23 heavy (non-hydrogen) atoms. The van der Waals surface area contributed by atoms with Crippen LogP contribution >= 0.6 is 34.8 Å². The molecule has 0 radical (unpaired) electrons. The molecule has 0 fully saturated rings. The molecule has 2 aromatic rings. The molecule has 0 aromatic heterocycles. The number of nitrogens with zero attached hydrogens (tertiary/aromatic N) is 2. The third kappa shape index (κ3) is 3.47. The quantitative estimate of drug-likeness (QED) is 0.560. The van der Waals surface area contributed by atoms with E-state index < -0.39 is 21.2 Å². The highest BCUT2D eigenvalue weighted by molar-refractivity contribution is 6.36. The van der Waals surface area contributed by atoms with Gasteiger partial charge in [0.25, 0.3) is 11.4 Å². The summed E-state index contributed by atoms with van der Waals surface area (Å²) in [5, 5.41) is 25.4. The van der Waals surface area contributed by atoms with Crippen LogP contribution in [0.1, 0.15) is 5.56 Å². The second-order valence-corrected chi connectivity index (χ2v) is 5.71. The molecule has 120 valence electrons. The van der Waals surface area contributed by atoms with Gasteiger partial charge in [0, 0.05) is 10.6 Å². The van der Waals surface area contributed by atoms with Crippen LogP contribution in [0, 0.1) is 27.2 Å². The van der Waals surface area contributed by atoms with Gasteiger partial charge in [0.05, 0.1) is 26.6 Å². The maximum absolute atomic E-state index is 11.2. The number of anilines is 2. The van der Waals surface area contributed by atoms with Crippen molar-refractivity contribution in [3.8, 4) is 0 Å². The molecule has 1 N–H and O–H groups in total. The monoisotopic (exact) mass is 375 g/mol. The molecule has 7 nitrogen and oxygen atoms in total. The van der Waals surface area contributed by atoms with Gasteiger partial charge in [0.2, 0.25) is 0 Å². The second kappa shape index (κ2) is 6.57. The predicted molar refractivity (Wildman–Crippen MR) is 89.2 cm³/mol. The highest BCUT2D eigenvalue weighted by atomic mass is 35.5. The third-order valence-corrected chi connectivity index (χ3v) is 4.07. The van der Waals surface area contributed by atoms with Crippen molar-refractivity contribution in [3.05, 3.63) is 65.1 Å². The minimum absolute atomic E-state index is 0.0230. The third-order valence-electron chi connectivity index (χ3n) is 3.04. The van der Waals surface area contributed by atoms with Crippen molar-refractivity contribution in [3.63, 3.8) is 0 Å². The van der Waals surface area contributed by atoms with Crippen LogP contribution in [0.25, 0.3) is 0 Å². The summed E-state index contributed by atoms with van der Waals surface area (Å²) < 4.78 is 0. The minimum atomic E-state index is -0.776. The Balaban J connectivity index is 2.63. The molecule has 0 atom stereocenters. The van der Waals surface area contributed by atoms with E-state index in [1.807, 2.05) is 0 Å². The lowest BCUT2D eigenvalue weighted by atomic mass is 10.1. The molecule has 0 saturated heterocycles. The molecule has 2 aromatic carbocycles. The normalized spacial score (nSPS) is 10.4. The van der Waals surface area contributed by atoms with Crippen molar-refractivity contribution in [1.29, 1.82) is 0 Å². The number of hydrogen-bond donors (Lipinski definition) is 1. The number of rotatable bonds is 4. The number of halogens is 3. The summed E-state index contributed by atoms with van der Waals surface area (Å²) in [6.45, 7) is 1.44. The van der Waals surface area contributed by atoms with Crippen molar-refractivity contribution in [2.24, 2.45) is 0 Å². The molecule has 0 spiro atoms. The van der Waals surface area contributed by atoms with Gasteiger partial charge in [0.1, 0.15) is 10.7 Å². The van der Waals surface area contributed by atoms with E-state index in [1.54, 1.807) is 6.07 Å². The van der Waals surface area contributed by atoms with E-state index >= 15 is 0 Å². The fraction of sp³-hybridized carbons (Fsp3) is 0.0769. The second-order valence-electron chi connectivity index (χ2n) is 4.49. The van der Waals surface area contributed by atoms with E-state index in [1.165, 1.54) is 19.1 Å². The van der Waals surface area contributed by atoms with Gasteiger partial charge < -0.3 is 5.32 Å². The first-order chi connectivity index (χ1) is 10.7. The Labute approximate surface area is 145 Å². The highest BCUT2D eigenvalue weighted by Crippen LogP contribution is 2.42. The molecule has 0 heterocycles. The summed E-state index contributed by atoms with van der Waals surface area (Å²) in [5.74, 6) is 0. The fourth-order valence-corrected chi connectivity index (χ4v) is 2.59. The molecule has 2 rings (SSSR count). The molecule has 0 bridgehead atoms. The molecule has 0 amide bonds. The zero-order valence-corrected chi connectivity index (χ0v) is 13.7. The Bertz CT molecular complexity index is 827. The van der Waals surface area contributed by atoms with Crippen molar-refractivity contribution >= 4 is 57.6 Å². The molecule has 0 unspecified atom stereocenters. The van der Waals surface area contributed by atoms with E-state index in [0.29, 0.717) is 10.7 Å². The lowest BCUT2D eigenvalue weighted by Crippen LogP contribution is -2.03. The summed E-state index contributed by atoms with van der Waals surface area (Å²) in [5.41, 5.74) is -0.478. The first kappa shape index (κ1) is 17.3. The zero-order valence-electron chi connectivity index (χ0n) is 11.5. The van der Waals surface area contributed by atoms with Crippen LogP contribution in [0.5, 0.6) is 0 Å². The van der Waals surface area contributed by atoms with Crippen molar-refractivity contribution in [2.75, 3.05) is 5.32 Å². The Morgan fingerprint density at radius 2 is 1.61 bits per heavy atom. The van der Waals surface area contributed by atoms with Crippen molar-refractivity contribution < 1.29 is 9.85 Å². The lowest BCUT2D eigenvalue weighted by molar-refractivity contribution is -0.393. The Kier molecular flexibility index (Phi) is 4.93. The SMILES string of the molecule is Cc1c(Cl)c([N+](=O)[O-])cc([N+](=O)[O-])c1Nc1ccc(Cl)cc1Cl. The number of nitrogens with one attached hydrogen (secondary N) is 1. The summed E-state index contributed by atoms with van der Waals surface area (Å²) in [7, 11) is 0. The van der Waals surface area contributed by atoms with Crippen LogP contribution in [0.3, 0.4) is 0 Å². The largest absolute Gasteiger partial charge is 0.348 e. The Hall–Kier alpha value is -2.09. The Morgan fingerprint density at radius 3 is 2.13 bits per heavy atom. The van der Waals surface area contributed by atoms with Gasteiger partial charge in [-0.2, -0.15) is 0 Å². The maximum atomic E-state index is 11.2. The zero-order chi connectivity index (χ0) is 17.3. The van der Waals surface area contributed by atoms with Gasteiger partial charge in [-0.3, -0.25) is 20.2 Å². The van der Waals surface area contributed by atoms with E-state index in [0.717, 1.165) is 6.07 Å². The summed E-state index contributed by atoms with van der Waals surface area (Å²) >= 11 is 17.8. The van der Waals surface area contributed by atoms with Crippen molar-refractivity contribution in [1.82, 2.24) is 0 Å². The van der Waals surface area contributed by atoms with Gasteiger partial charge >= 0.3 is 0 Å². The van der Waals surface area contributed by atoms with Gasteiger partial charge in [0.15, 0.2) is 0 Å². The first-order valence-corrected chi connectivity index (χ1v) is 7.19. The van der Waals surface area contributed by atoms with Crippen LogP contribution < -0.4 is 5.32 Å². The molecule has 0 aliphatic heterocycles. The first-order valence-electron chi connectivity index (χ1n) is 6.06. The van der Waals surface area contributed by atoms with Gasteiger partial charge in [-0.1, -0.05) is 34.8 Å². The molecule has 0 saturated carbocycles. The number of benzene rings is 2. The van der Waals surface area contributed by atoms with E-state index in [4.69, 9.17) is 34.8 Å². The fourth-order valence-electron chi connectivity index (χ4n) is 1.92. The van der Waals surface area contributed by atoms with Gasteiger partial charge in [-0.15, -0.1) is 0 Å². The summed E-state index contributed by atoms with van der Waals surface area (Å²) in [4.78, 5) is 20.7. The number of nitro groups is 2. The van der Waals surface area contributed by atoms with Crippen LogP contribution in [0.4, 0.5) is 22.7 Å². The summed E-state index contributed by atoms with van der Waals surface area (Å²) in [6, 6.07) is 5.34. The van der Waals surface area contributed by atoms with E-state index in [2.05, 4.69) is 5.32 Å². The summed E-state index contributed by atoms with van der Waals surface area (Å²) in [6.07, 6.45) is 0. The molecular formula is C13H8Cl3N3O4. The standard InChI is InChI=1S/C13H8Cl3N3O4/c1-6-12(16)10(18(20)21)5-11(19(22)23)13(6)17-9-3-2-7(14)4-8(9)15/h2-5,17H,1H3. The topological polar surface area (TPSA) is 98.3 Å². The maximum Gasteiger partial charge on any atom is 0.299 e. The van der Waals surface area contributed by atoms with Crippen LogP contribution in [0.2, 0.25) is 15.1 Å². The Morgan fingerprint density at radius 1 is 1.00 bits per heavy atom. The lowest BCUT2D eigenvalue weighted by Gasteiger charge is -2.13. The number of nitro benzene ring substituents is 2. The molecular weight excluding hydrogens is 369 g/mol. The smallest absolute Gasteiger partial charge is 0.299 e. The number of hydrogen-bond acceptors (Lipinski definition) is 5. The van der Waals surface area contributed by atoms with Crippen LogP contribution in [-0.4, -0.2) is 9.85 Å².